The molecule has 0 atom stereocenters. The lowest BCUT2D eigenvalue weighted by Gasteiger charge is -2.07. The van der Waals surface area contributed by atoms with Crippen LogP contribution in [0.1, 0.15) is 21.6 Å². The molecule has 0 spiro atoms. The van der Waals surface area contributed by atoms with Crippen LogP contribution in [0.2, 0.25) is 0 Å². The summed E-state index contributed by atoms with van der Waals surface area (Å²) in [5.41, 5.74) is 4.17. The summed E-state index contributed by atoms with van der Waals surface area (Å²) in [5.74, 6) is -0.145. The Balaban J connectivity index is 1.87. The van der Waals surface area contributed by atoms with E-state index in [1.807, 2.05) is 48.8 Å². The second-order valence-corrected chi connectivity index (χ2v) is 5.84. The van der Waals surface area contributed by atoms with E-state index in [2.05, 4.69) is 26.2 Å². The second kappa shape index (κ2) is 5.33. The van der Waals surface area contributed by atoms with E-state index in [0.29, 0.717) is 5.56 Å². The Morgan fingerprint density at radius 1 is 1.24 bits per heavy atom. The van der Waals surface area contributed by atoms with Crippen molar-refractivity contribution in [3.8, 4) is 0 Å². The third-order valence-corrected chi connectivity index (χ3v) is 4.13. The predicted octanol–water partition coefficient (Wildman–Crippen LogP) is 3.97. The lowest BCUT2D eigenvalue weighted by atomic mass is 10.2. The number of aryl methyl sites for hydroxylation is 2. The minimum atomic E-state index is -0.145. The van der Waals surface area contributed by atoms with Gasteiger partial charge in [-0.2, -0.15) is 0 Å². The first-order chi connectivity index (χ1) is 10.0. The molecule has 0 bridgehead atoms. The number of nitrogens with zero attached hydrogens (tertiary/aromatic N) is 2. The summed E-state index contributed by atoms with van der Waals surface area (Å²) in [7, 11) is 0. The van der Waals surface area contributed by atoms with E-state index in [4.69, 9.17) is 0 Å². The molecular formula is C16H14BrN3O. The maximum Gasteiger partial charge on any atom is 0.255 e. The summed E-state index contributed by atoms with van der Waals surface area (Å²) in [6, 6.07) is 9.31. The van der Waals surface area contributed by atoms with Crippen molar-refractivity contribution in [1.82, 2.24) is 9.38 Å². The number of rotatable bonds is 2. The van der Waals surface area contributed by atoms with Crippen molar-refractivity contribution in [2.75, 3.05) is 5.32 Å². The molecule has 1 amide bonds. The van der Waals surface area contributed by atoms with Gasteiger partial charge in [0.1, 0.15) is 5.65 Å². The van der Waals surface area contributed by atoms with Crippen molar-refractivity contribution in [2.24, 2.45) is 0 Å². The number of carbonyl (C=O) groups is 1. The number of halogens is 1. The Hall–Kier alpha value is -2.14. The van der Waals surface area contributed by atoms with Crippen LogP contribution in [0.4, 0.5) is 5.69 Å². The molecule has 21 heavy (non-hydrogen) atoms. The Kier molecular flexibility index (Phi) is 3.51. The molecular weight excluding hydrogens is 330 g/mol. The Bertz CT molecular complexity index is 839. The number of hydrogen-bond acceptors (Lipinski definition) is 2. The second-order valence-electron chi connectivity index (χ2n) is 4.98. The first-order valence-electron chi connectivity index (χ1n) is 6.56. The molecule has 2 heterocycles. The van der Waals surface area contributed by atoms with Crippen LogP contribution in [0.25, 0.3) is 5.65 Å². The fourth-order valence-corrected chi connectivity index (χ4v) is 2.50. The number of fused-ring (bicyclic) bond motifs is 1. The third-order valence-electron chi connectivity index (χ3n) is 3.27. The summed E-state index contributed by atoms with van der Waals surface area (Å²) >= 11 is 3.46. The van der Waals surface area contributed by atoms with Crippen LogP contribution >= 0.6 is 15.9 Å². The zero-order valence-electron chi connectivity index (χ0n) is 11.7. The Morgan fingerprint density at radius 2 is 2.05 bits per heavy atom. The van der Waals surface area contributed by atoms with Crippen LogP contribution in [0, 0.1) is 13.8 Å². The molecule has 3 aromatic rings. The van der Waals surface area contributed by atoms with E-state index in [0.717, 1.165) is 27.1 Å². The van der Waals surface area contributed by atoms with Gasteiger partial charge >= 0.3 is 0 Å². The summed E-state index contributed by atoms with van der Waals surface area (Å²) in [6.07, 6.45) is 3.77. The average molecular weight is 344 g/mol. The fourth-order valence-electron chi connectivity index (χ4n) is 2.12. The first kappa shape index (κ1) is 13.8. The SMILES string of the molecule is Cc1cn2ccc(C(=O)Nc3ccc(C)c(Br)c3)cc2n1. The first-order valence-corrected chi connectivity index (χ1v) is 7.35. The zero-order valence-corrected chi connectivity index (χ0v) is 13.3. The number of benzene rings is 1. The van der Waals surface area contributed by atoms with E-state index in [1.54, 1.807) is 12.1 Å². The zero-order chi connectivity index (χ0) is 15.0. The normalized spacial score (nSPS) is 10.8. The van der Waals surface area contributed by atoms with Crippen molar-refractivity contribution in [3.63, 3.8) is 0 Å². The molecule has 4 nitrogen and oxygen atoms in total. The van der Waals surface area contributed by atoms with Gasteiger partial charge in [-0.3, -0.25) is 4.79 Å². The number of hydrogen-bond donors (Lipinski definition) is 1. The number of carbonyl (C=O) groups excluding carboxylic acids is 1. The molecule has 0 aliphatic carbocycles. The number of aromatic nitrogens is 2. The highest BCUT2D eigenvalue weighted by Crippen LogP contribution is 2.21. The van der Waals surface area contributed by atoms with Crippen LogP contribution in [0.15, 0.2) is 47.2 Å². The van der Waals surface area contributed by atoms with Crippen molar-refractivity contribution in [3.05, 3.63) is 64.0 Å². The van der Waals surface area contributed by atoms with Gasteiger partial charge in [0.05, 0.1) is 5.69 Å². The van der Waals surface area contributed by atoms with E-state index in [9.17, 15) is 4.79 Å². The predicted molar refractivity (Wildman–Crippen MR) is 86.8 cm³/mol. The largest absolute Gasteiger partial charge is 0.322 e. The minimum Gasteiger partial charge on any atom is -0.322 e. The van der Waals surface area contributed by atoms with Crippen molar-refractivity contribution >= 4 is 33.2 Å². The molecule has 0 fully saturated rings. The highest BCUT2D eigenvalue weighted by Gasteiger charge is 2.09. The molecule has 0 saturated carbocycles. The quantitative estimate of drug-likeness (QED) is 0.765. The molecule has 1 N–H and O–H groups in total. The van der Waals surface area contributed by atoms with Gasteiger partial charge in [-0.15, -0.1) is 0 Å². The van der Waals surface area contributed by atoms with Gasteiger partial charge in [-0.1, -0.05) is 22.0 Å². The Labute approximate surface area is 131 Å². The summed E-state index contributed by atoms with van der Waals surface area (Å²) < 4.78 is 2.87. The number of nitrogens with one attached hydrogen (secondary N) is 1. The van der Waals surface area contributed by atoms with E-state index >= 15 is 0 Å². The number of anilines is 1. The lowest BCUT2D eigenvalue weighted by molar-refractivity contribution is 0.102. The van der Waals surface area contributed by atoms with Crippen LogP contribution in [-0.2, 0) is 0 Å². The highest BCUT2D eigenvalue weighted by molar-refractivity contribution is 9.10. The van der Waals surface area contributed by atoms with Gasteiger partial charge in [-0.05, 0) is 43.7 Å². The molecule has 5 heteroatoms. The number of imidazole rings is 1. The average Bonchev–Trinajstić information content (AvgIpc) is 2.82. The monoisotopic (exact) mass is 343 g/mol. The van der Waals surface area contributed by atoms with Crippen LogP contribution in [-0.4, -0.2) is 15.3 Å². The van der Waals surface area contributed by atoms with Gasteiger partial charge in [0.25, 0.3) is 5.91 Å². The maximum atomic E-state index is 12.3. The van der Waals surface area contributed by atoms with E-state index in [1.165, 1.54) is 0 Å². The lowest BCUT2D eigenvalue weighted by Crippen LogP contribution is -2.12. The number of pyridine rings is 1. The molecule has 3 rings (SSSR count). The Morgan fingerprint density at radius 3 is 2.81 bits per heavy atom. The molecule has 0 unspecified atom stereocenters. The van der Waals surface area contributed by atoms with Crippen molar-refractivity contribution in [1.29, 1.82) is 0 Å². The molecule has 2 aromatic heterocycles. The summed E-state index contributed by atoms with van der Waals surface area (Å²) in [6.45, 7) is 3.93. The van der Waals surface area contributed by atoms with Crippen molar-refractivity contribution in [2.45, 2.75) is 13.8 Å². The summed E-state index contributed by atoms with van der Waals surface area (Å²) in [4.78, 5) is 16.7. The van der Waals surface area contributed by atoms with Gasteiger partial charge in [0.2, 0.25) is 0 Å². The standard InChI is InChI=1S/C16H14BrN3O/c1-10-3-4-13(8-14(10)17)19-16(21)12-5-6-20-9-11(2)18-15(20)7-12/h3-9H,1-2H3,(H,19,21). The number of amides is 1. The van der Waals surface area contributed by atoms with E-state index < -0.39 is 0 Å². The third kappa shape index (κ3) is 2.83. The van der Waals surface area contributed by atoms with Crippen molar-refractivity contribution < 1.29 is 4.79 Å². The van der Waals surface area contributed by atoms with Crippen LogP contribution in [0.3, 0.4) is 0 Å². The molecule has 106 valence electrons. The fraction of sp³-hybridized carbons (Fsp3) is 0.125. The smallest absolute Gasteiger partial charge is 0.255 e. The summed E-state index contributed by atoms with van der Waals surface area (Å²) in [5, 5.41) is 2.89. The molecule has 1 aromatic carbocycles. The van der Waals surface area contributed by atoms with Gasteiger partial charge in [0, 0.05) is 28.1 Å². The van der Waals surface area contributed by atoms with Gasteiger partial charge in [0.15, 0.2) is 0 Å². The minimum absolute atomic E-state index is 0.145. The van der Waals surface area contributed by atoms with Crippen LogP contribution in [0.5, 0.6) is 0 Å². The van der Waals surface area contributed by atoms with Gasteiger partial charge < -0.3 is 9.72 Å². The molecule has 0 radical (unpaired) electrons. The topological polar surface area (TPSA) is 46.4 Å². The molecule has 0 aliphatic rings. The maximum absolute atomic E-state index is 12.3. The van der Waals surface area contributed by atoms with Gasteiger partial charge in [-0.25, -0.2) is 4.98 Å². The van der Waals surface area contributed by atoms with E-state index in [-0.39, 0.29) is 5.91 Å². The van der Waals surface area contributed by atoms with Crippen LogP contribution < -0.4 is 5.32 Å². The highest BCUT2D eigenvalue weighted by atomic mass is 79.9. The molecule has 0 saturated heterocycles. The molecule has 0 aliphatic heterocycles.